The van der Waals surface area contributed by atoms with Crippen molar-refractivity contribution in [2.45, 2.75) is 13.0 Å². The highest BCUT2D eigenvalue weighted by atomic mass is 16.6. The highest BCUT2D eigenvalue weighted by Crippen LogP contribution is 2.15. The Morgan fingerprint density at radius 3 is 3.07 bits per heavy atom. The lowest BCUT2D eigenvalue weighted by Crippen LogP contribution is -2.13. The van der Waals surface area contributed by atoms with Crippen molar-refractivity contribution >= 4 is 11.9 Å². The molecule has 0 amide bonds. The van der Waals surface area contributed by atoms with Gasteiger partial charge >= 0.3 is 0 Å². The van der Waals surface area contributed by atoms with Gasteiger partial charge in [0.25, 0.3) is 5.69 Å². The van der Waals surface area contributed by atoms with E-state index in [1.54, 1.807) is 12.1 Å². The Labute approximate surface area is 87.2 Å². The van der Waals surface area contributed by atoms with Crippen molar-refractivity contribution < 1.29 is 4.92 Å². The van der Waals surface area contributed by atoms with Crippen LogP contribution in [0.15, 0.2) is 29.4 Å². The molecule has 0 saturated heterocycles. The average molecular weight is 205 g/mol. The third-order valence-electron chi connectivity index (χ3n) is 2.25. The number of nitro benzene ring substituents is 1. The van der Waals surface area contributed by atoms with Crippen LogP contribution in [0.5, 0.6) is 0 Å². The molecule has 1 aromatic carbocycles. The fourth-order valence-electron chi connectivity index (χ4n) is 1.54. The van der Waals surface area contributed by atoms with Crippen molar-refractivity contribution in [1.29, 1.82) is 0 Å². The smallest absolute Gasteiger partial charge is 0.269 e. The molecule has 0 saturated carbocycles. The topological polar surface area (TPSA) is 58.7 Å². The minimum absolute atomic E-state index is 0.135. The number of benzene rings is 1. The molecule has 2 rings (SSSR count). The van der Waals surface area contributed by atoms with E-state index >= 15 is 0 Å². The van der Waals surface area contributed by atoms with Gasteiger partial charge in [0.15, 0.2) is 0 Å². The zero-order valence-corrected chi connectivity index (χ0v) is 8.17. The van der Waals surface area contributed by atoms with Crippen LogP contribution < -0.4 is 0 Å². The fourth-order valence-corrected chi connectivity index (χ4v) is 1.54. The van der Waals surface area contributed by atoms with Crippen molar-refractivity contribution in [2.24, 2.45) is 5.10 Å². The molecular formula is C10H11N3O2. The summed E-state index contributed by atoms with van der Waals surface area (Å²) in [5.74, 6) is 0. The highest BCUT2D eigenvalue weighted by Gasteiger charge is 2.09. The van der Waals surface area contributed by atoms with Crippen LogP contribution in [-0.4, -0.2) is 22.7 Å². The molecule has 1 aromatic rings. The van der Waals surface area contributed by atoms with Crippen molar-refractivity contribution in [2.75, 3.05) is 6.54 Å². The second kappa shape index (κ2) is 4.08. The standard InChI is InChI=1S/C10H11N3O2/c14-13(15)10-4-1-3-9(7-10)8-12-6-2-5-11-12/h1,3-5,7H,2,6,8H2. The second-order valence-electron chi connectivity index (χ2n) is 3.40. The van der Waals surface area contributed by atoms with Crippen LogP contribution in [0.25, 0.3) is 0 Å². The van der Waals surface area contributed by atoms with Crippen LogP contribution in [0.2, 0.25) is 0 Å². The summed E-state index contributed by atoms with van der Waals surface area (Å²) in [6.45, 7) is 1.53. The quantitative estimate of drug-likeness (QED) is 0.558. The molecule has 5 nitrogen and oxygen atoms in total. The first-order valence-electron chi connectivity index (χ1n) is 4.76. The summed E-state index contributed by atoms with van der Waals surface area (Å²) in [5.41, 5.74) is 1.05. The van der Waals surface area contributed by atoms with Gasteiger partial charge < -0.3 is 0 Å². The predicted molar refractivity (Wildman–Crippen MR) is 56.6 cm³/mol. The van der Waals surface area contributed by atoms with Crippen molar-refractivity contribution in [3.8, 4) is 0 Å². The Balaban J connectivity index is 2.10. The van der Waals surface area contributed by atoms with Crippen LogP contribution in [-0.2, 0) is 6.54 Å². The summed E-state index contributed by atoms with van der Waals surface area (Å²) in [6, 6.07) is 6.67. The molecule has 0 bridgehead atoms. The number of hydrogen-bond donors (Lipinski definition) is 0. The Kier molecular flexibility index (Phi) is 2.62. The number of rotatable bonds is 3. The van der Waals surface area contributed by atoms with Crippen LogP contribution >= 0.6 is 0 Å². The van der Waals surface area contributed by atoms with E-state index in [9.17, 15) is 10.1 Å². The molecule has 0 aromatic heterocycles. The zero-order valence-electron chi connectivity index (χ0n) is 8.17. The predicted octanol–water partition coefficient (Wildman–Crippen LogP) is 1.79. The van der Waals surface area contributed by atoms with E-state index in [2.05, 4.69) is 5.10 Å². The molecule has 0 atom stereocenters. The maximum absolute atomic E-state index is 10.6. The Hall–Kier alpha value is -1.91. The third kappa shape index (κ3) is 2.31. The minimum atomic E-state index is -0.378. The maximum Gasteiger partial charge on any atom is 0.269 e. The molecule has 0 spiro atoms. The Bertz CT molecular complexity index is 403. The molecule has 0 fully saturated rings. The first kappa shape index (κ1) is 9.64. The minimum Gasteiger partial charge on any atom is -0.293 e. The SMILES string of the molecule is O=[N+]([O-])c1cccc(CN2CCC=N2)c1. The van der Waals surface area contributed by atoms with Gasteiger partial charge in [0.2, 0.25) is 0 Å². The molecule has 0 unspecified atom stereocenters. The van der Waals surface area contributed by atoms with Gasteiger partial charge in [-0.15, -0.1) is 0 Å². The summed E-state index contributed by atoms with van der Waals surface area (Å²) in [4.78, 5) is 10.2. The first-order chi connectivity index (χ1) is 7.25. The van der Waals surface area contributed by atoms with Gasteiger partial charge in [-0.25, -0.2) is 0 Å². The van der Waals surface area contributed by atoms with Crippen molar-refractivity contribution in [1.82, 2.24) is 5.01 Å². The maximum atomic E-state index is 10.6. The summed E-state index contributed by atoms with van der Waals surface area (Å²) in [7, 11) is 0. The van der Waals surface area contributed by atoms with E-state index in [1.165, 1.54) is 6.07 Å². The lowest BCUT2D eigenvalue weighted by Gasteiger charge is -2.12. The van der Waals surface area contributed by atoms with E-state index in [4.69, 9.17) is 0 Å². The van der Waals surface area contributed by atoms with Gasteiger partial charge in [-0.3, -0.25) is 15.1 Å². The molecule has 5 heteroatoms. The largest absolute Gasteiger partial charge is 0.293 e. The van der Waals surface area contributed by atoms with Gasteiger partial charge in [0.05, 0.1) is 11.5 Å². The van der Waals surface area contributed by atoms with Crippen LogP contribution in [0.4, 0.5) is 5.69 Å². The molecule has 78 valence electrons. The third-order valence-corrected chi connectivity index (χ3v) is 2.25. The lowest BCUT2D eigenvalue weighted by molar-refractivity contribution is -0.384. The summed E-state index contributed by atoms with van der Waals surface area (Å²) in [5, 5.41) is 16.6. The highest BCUT2D eigenvalue weighted by molar-refractivity contribution is 5.58. The van der Waals surface area contributed by atoms with Crippen molar-refractivity contribution in [3.63, 3.8) is 0 Å². The van der Waals surface area contributed by atoms with E-state index < -0.39 is 0 Å². The van der Waals surface area contributed by atoms with Gasteiger partial charge in [-0.05, 0) is 5.56 Å². The molecule has 0 aliphatic carbocycles. The molecule has 15 heavy (non-hydrogen) atoms. The number of non-ortho nitro benzene ring substituents is 1. The van der Waals surface area contributed by atoms with E-state index in [0.29, 0.717) is 6.54 Å². The molecule has 0 radical (unpaired) electrons. The van der Waals surface area contributed by atoms with Crippen LogP contribution in [0.1, 0.15) is 12.0 Å². The first-order valence-corrected chi connectivity index (χ1v) is 4.76. The molecule has 1 heterocycles. The molecule has 0 N–H and O–H groups in total. The van der Waals surface area contributed by atoms with Gasteiger partial charge in [0, 0.05) is 31.3 Å². The molecule has 1 aliphatic rings. The van der Waals surface area contributed by atoms with Crippen LogP contribution in [0, 0.1) is 10.1 Å². The molecular weight excluding hydrogens is 194 g/mol. The van der Waals surface area contributed by atoms with Crippen LogP contribution in [0.3, 0.4) is 0 Å². The monoisotopic (exact) mass is 205 g/mol. The van der Waals surface area contributed by atoms with E-state index in [1.807, 2.05) is 17.3 Å². The summed E-state index contributed by atoms with van der Waals surface area (Å²) in [6.07, 6.45) is 2.81. The lowest BCUT2D eigenvalue weighted by atomic mass is 10.2. The Morgan fingerprint density at radius 1 is 1.53 bits per heavy atom. The van der Waals surface area contributed by atoms with Gasteiger partial charge in [-0.1, -0.05) is 12.1 Å². The molecule has 1 aliphatic heterocycles. The number of hydrogen-bond acceptors (Lipinski definition) is 4. The summed E-state index contributed by atoms with van der Waals surface area (Å²) >= 11 is 0. The number of nitrogens with zero attached hydrogens (tertiary/aromatic N) is 3. The van der Waals surface area contributed by atoms with Gasteiger partial charge in [-0.2, -0.15) is 5.10 Å². The zero-order chi connectivity index (χ0) is 10.7. The second-order valence-corrected chi connectivity index (χ2v) is 3.40. The number of hydrazone groups is 1. The Morgan fingerprint density at radius 2 is 2.40 bits per heavy atom. The van der Waals surface area contributed by atoms with E-state index in [0.717, 1.165) is 18.5 Å². The van der Waals surface area contributed by atoms with Gasteiger partial charge in [0.1, 0.15) is 0 Å². The normalized spacial score (nSPS) is 14.5. The number of nitro groups is 1. The van der Waals surface area contributed by atoms with Crippen molar-refractivity contribution in [3.05, 3.63) is 39.9 Å². The van der Waals surface area contributed by atoms with E-state index in [-0.39, 0.29) is 10.6 Å². The average Bonchev–Trinajstić information content (AvgIpc) is 2.71. The fraction of sp³-hybridized carbons (Fsp3) is 0.300. The summed E-state index contributed by atoms with van der Waals surface area (Å²) < 4.78 is 0.